The van der Waals surface area contributed by atoms with Crippen LogP contribution in [0.25, 0.3) is 0 Å². The molecule has 0 unspecified atom stereocenters. The number of terminal acetylenes is 1. The maximum atomic E-state index is 13.4. The molecule has 106 valence electrons. The molecule has 0 aliphatic heterocycles. The molecular weight excluding hydrogens is 268 g/mol. The second-order valence-corrected chi connectivity index (χ2v) is 4.08. The van der Waals surface area contributed by atoms with Crippen molar-refractivity contribution in [3.05, 3.63) is 35.4 Å². The molecule has 0 saturated carbocycles. The van der Waals surface area contributed by atoms with Gasteiger partial charge in [-0.2, -0.15) is 0 Å². The van der Waals surface area contributed by atoms with E-state index in [1.54, 1.807) is 0 Å². The Bertz CT molecular complexity index is 552. The van der Waals surface area contributed by atoms with Crippen LogP contribution in [0, 0.1) is 24.0 Å². The third-order valence-electron chi connectivity index (χ3n) is 2.59. The number of rotatable bonds is 6. The number of amides is 1. The summed E-state index contributed by atoms with van der Waals surface area (Å²) in [5, 5.41) is 11.1. The zero-order valence-corrected chi connectivity index (χ0v) is 10.5. The van der Waals surface area contributed by atoms with E-state index in [0.29, 0.717) is 18.9 Å². The Balaban J connectivity index is 2.75. The highest BCUT2D eigenvalue weighted by atomic mass is 19.1. The molecule has 2 N–H and O–H groups in total. The predicted octanol–water partition coefficient (Wildman–Crippen LogP) is 1.95. The summed E-state index contributed by atoms with van der Waals surface area (Å²) < 4.78 is 26.1. The van der Waals surface area contributed by atoms with Gasteiger partial charge in [-0.05, 0) is 25.0 Å². The van der Waals surface area contributed by atoms with E-state index < -0.39 is 35.1 Å². The quantitative estimate of drug-likeness (QED) is 0.618. The number of hydrogen-bond acceptors (Lipinski definition) is 2. The van der Waals surface area contributed by atoms with Crippen molar-refractivity contribution in [2.24, 2.45) is 0 Å². The molecule has 1 aromatic rings. The molecule has 0 spiro atoms. The first-order valence-corrected chi connectivity index (χ1v) is 5.88. The van der Waals surface area contributed by atoms with Gasteiger partial charge in [-0.1, -0.05) is 0 Å². The van der Waals surface area contributed by atoms with Crippen LogP contribution < -0.4 is 5.32 Å². The van der Waals surface area contributed by atoms with Gasteiger partial charge in [0.15, 0.2) is 0 Å². The lowest BCUT2D eigenvalue weighted by Gasteiger charge is -2.14. The second-order valence-electron chi connectivity index (χ2n) is 4.08. The van der Waals surface area contributed by atoms with E-state index in [0.717, 1.165) is 12.1 Å². The van der Waals surface area contributed by atoms with Crippen LogP contribution in [0.3, 0.4) is 0 Å². The van der Waals surface area contributed by atoms with E-state index in [1.807, 2.05) is 0 Å². The average Bonchev–Trinajstić information content (AvgIpc) is 2.37. The van der Waals surface area contributed by atoms with Crippen LogP contribution in [-0.2, 0) is 4.79 Å². The Morgan fingerprint density at radius 1 is 1.40 bits per heavy atom. The molecule has 1 aromatic carbocycles. The number of halogens is 2. The SMILES string of the molecule is C#CCCC[C@H](NC(=O)c1ccc(F)cc1F)C(=O)O. The van der Waals surface area contributed by atoms with Crippen LogP contribution >= 0.6 is 0 Å². The summed E-state index contributed by atoms with van der Waals surface area (Å²) in [4.78, 5) is 22.7. The lowest BCUT2D eigenvalue weighted by Crippen LogP contribution is -2.41. The van der Waals surface area contributed by atoms with Crippen LogP contribution in [0.4, 0.5) is 8.78 Å². The van der Waals surface area contributed by atoms with E-state index in [9.17, 15) is 18.4 Å². The zero-order chi connectivity index (χ0) is 15.1. The summed E-state index contributed by atoms with van der Waals surface area (Å²) in [5.41, 5.74) is -0.408. The van der Waals surface area contributed by atoms with Crippen LogP contribution in [-0.4, -0.2) is 23.0 Å². The molecule has 0 heterocycles. The molecular formula is C14H13F2NO3. The van der Waals surface area contributed by atoms with E-state index in [-0.39, 0.29) is 6.42 Å². The third-order valence-corrected chi connectivity index (χ3v) is 2.59. The number of carbonyl (C=O) groups is 2. The van der Waals surface area contributed by atoms with Crippen LogP contribution in [0.5, 0.6) is 0 Å². The summed E-state index contributed by atoms with van der Waals surface area (Å²) in [6.07, 6.45) is 5.98. The van der Waals surface area contributed by atoms with E-state index >= 15 is 0 Å². The van der Waals surface area contributed by atoms with Crippen molar-refractivity contribution >= 4 is 11.9 Å². The van der Waals surface area contributed by atoms with Crippen molar-refractivity contribution in [2.75, 3.05) is 0 Å². The molecule has 1 rings (SSSR count). The fraction of sp³-hybridized carbons (Fsp3) is 0.286. The molecule has 1 amide bonds. The fourth-order valence-corrected chi connectivity index (χ4v) is 1.58. The maximum absolute atomic E-state index is 13.4. The number of aliphatic carboxylic acids is 1. The van der Waals surface area contributed by atoms with Gasteiger partial charge in [-0.15, -0.1) is 12.3 Å². The van der Waals surface area contributed by atoms with Crippen LogP contribution in [0.1, 0.15) is 29.6 Å². The Hall–Kier alpha value is -2.42. The monoisotopic (exact) mass is 281 g/mol. The molecule has 1 atom stereocenters. The number of nitrogens with one attached hydrogen (secondary N) is 1. The van der Waals surface area contributed by atoms with Gasteiger partial charge < -0.3 is 10.4 Å². The number of hydrogen-bond donors (Lipinski definition) is 2. The van der Waals surface area contributed by atoms with Gasteiger partial charge in [0.25, 0.3) is 5.91 Å². The Morgan fingerprint density at radius 2 is 2.10 bits per heavy atom. The highest BCUT2D eigenvalue weighted by Crippen LogP contribution is 2.10. The number of carboxylic acids is 1. The van der Waals surface area contributed by atoms with Crippen molar-refractivity contribution in [3.63, 3.8) is 0 Å². The van der Waals surface area contributed by atoms with Gasteiger partial charge in [0.05, 0.1) is 5.56 Å². The maximum Gasteiger partial charge on any atom is 0.326 e. The van der Waals surface area contributed by atoms with E-state index in [4.69, 9.17) is 11.5 Å². The lowest BCUT2D eigenvalue weighted by atomic mass is 10.1. The summed E-state index contributed by atoms with van der Waals surface area (Å²) >= 11 is 0. The third kappa shape index (κ3) is 4.35. The van der Waals surface area contributed by atoms with Gasteiger partial charge in [0.1, 0.15) is 17.7 Å². The minimum atomic E-state index is -1.24. The number of benzene rings is 1. The van der Waals surface area contributed by atoms with E-state index in [2.05, 4.69) is 11.2 Å². The Kier molecular flexibility index (Phi) is 5.66. The number of unbranched alkanes of at least 4 members (excludes halogenated alkanes) is 1. The molecule has 0 aliphatic carbocycles. The molecule has 20 heavy (non-hydrogen) atoms. The zero-order valence-electron chi connectivity index (χ0n) is 10.5. The topological polar surface area (TPSA) is 66.4 Å². The highest BCUT2D eigenvalue weighted by Gasteiger charge is 2.21. The molecule has 0 aliphatic rings. The predicted molar refractivity (Wildman–Crippen MR) is 67.9 cm³/mol. The highest BCUT2D eigenvalue weighted by molar-refractivity contribution is 5.96. The number of carbonyl (C=O) groups excluding carboxylic acids is 1. The molecule has 0 fully saturated rings. The number of carboxylic acid groups (broad SMARTS) is 1. The normalized spacial score (nSPS) is 11.4. The summed E-state index contributed by atoms with van der Waals surface area (Å²) in [6, 6.07) is 1.27. The van der Waals surface area contributed by atoms with Gasteiger partial charge in [0.2, 0.25) is 0 Å². The first-order valence-electron chi connectivity index (χ1n) is 5.88. The first kappa shape index (κ1) is 15.6. The molecule has 6 heteroatoms. The molecule has 0 bridgehead atoms. The van der Waals surface area contributed by atoms with Gasteiger partial charge in [-0.3, -0.25) is 4.79 Å². The van der Waals surface area contributed by atoms with Crippen LogP contribution in [0.15, 0.2) is 18.2 Å². The van der Waals surface area contributed by atoms with Crippen LogP contribution in [0.2, 0.25) is 0 Å². The minimum Gasteiger partial charge on any atom is -0.480 e. The molecule has 0 saturated heterocycles. The van der Waals surface area contributed by atoms with Crippen molar-refractivity contribution in [2.45, 2.75) is 25.3 Å². The van der Waals surface area contributed by atoms with Gasteiger partial charge >= 0.3 is 5.97 Å². The van der Waals surface area contributed by atoms with Gasteiger partial charge in [0, 0.05) is 12.5 Å². The summed E-state index contributed by atoms with van der Waals surface area (Å²) in [7, 11) is 0. The summed E-state index contributed by atoms with van der Waals surface area (Å²) in [6.45, 7) is 0. The largest absolute Gasteiger partial charge is 0.480 e. The van der Waals surface area contributed by atoms with Crippen molar-refractivity contribution in [1.29, 1.82) is 0 Å². The Morgan fingerprint density at radius 3 is 2.65 bits per heavy atom. The second kappa shape index (κ2) is 7.24. The van der Waals surface area contributed by atoms with E-state index in [1.165, 1.54) is 0 Å². The van der Waals surface area contributed by atoms with Crippen molar-refractivity contribution in [3.8, 4) is 12.3 Å². The lowest BCUT2D eigenvalue weighted by molar-refractivity contribution is -0.139. The molecule has 0 aromatic heterocycles. The standard InChI is InChI=1S/C14H13F2NO3/c1-2-3-4-5-12(14(19)20)17-13(18)10-7-6-9(15)8-11(10)16/h1,6-8,12H,3-5H2,(H,17,18)(H,19,20)/t12-/m0/s1. The van der Waals surface area contributed by atoms with Gasteiger partial charge in [-0.25, -0.2) is 13.6 Å². The molecule has 0 radical (unpaired) electrons. The fourth-order valence-electron chi connectivity index (χ4n) is 1.58. The smallest absolute Gasteiger partial charge is 0.326 e. The first-order chi connectivity index (χ1) is 9.45. The van der Waals surface area contributed by atoms with Crippen molar-refractivity contribution in [1.82, 2.24) is 5.32 Å². The van der Waals surface area contributed by atoms with Crippen molar-refractivity contribution < 1.29 is 23.5 Å². The average molecular weight is 281 g/mol. The Labute approximate surface area is 114 Å². The molecule has 4 nitrogen and oxygen atoms in total. The minimum absolute atomic E-state index is 0.133. The summed E-state index contributed by atoms with van der Waals surface area (Å²) in [5.74, 6) is -1.65.